The Labute approximate surface area is 179 Å². The van der Waals surface area contributed by atoms with E-state index in [1.807, 2.05) is 43.0 Å². The second-order valence-electron chi connectivity index (χ2n) is 7.50. The first-order valence-electron chi connectivity index (χ1n) is 10.0. The molecule has 0 spiro atoms. The van der Waals surface area contributed by atoms with Gasteiger partial charge in [0.25, 0.3) is 5.56 Å². The number of carbonyl (C=O) groups excluding carboxylic acids is 1. The van der Waals surface area contributed by atoms with Crippen LogP contribution in [-0.2, 0) is 17.8 Å². The number of piperazine rings is 1. The Balaban J connectivity index is 1.44. The highest BCUT2D eigenvalue weighted by Gasteiger charge is 2.32. The molecule has 8 heteroatoms. The standard InChI is InChI=1S/C21H25ClN4O2S/c1-3-16-14(2)23-21-26(20(16)28)12-15(13-29-21)19(27)25-10-8-24(9-11-25)18-7-5-4-6-17(18)22/h4-7,15H,3,8-13H2,1-2H3. The summed E-state index contributed by atoms with van der Waals surface area (Å²) < 4.78 is 1.70. The summed E-state index contributed by atoms with van der Waals surface area (Å²) in [5, 5.41) is 1.47. The molecule has 6 nitrogen and oxygen atoms in total. The fraction of sp³-hybridized carbons (Fsp3) is 0.476. The lowest BCUT2D eigenvalue weighted by molar-refractivity contribution is -0.135. The van der Waals surface area contributed by atoms with Gasteiger partial charge in [0.15, 0.2) is 5.16 Å². The predicted octanol–water partition coefficient (Wildman–Crippen LogP) is 2.84. The van der Waals surface area contributed by atoms with Crippen molar-refractivity contribution in [1.29, 1.82) is 0 Å². The number of halogens is 1. The number of aromatic nitrogens is 2. The highest BCUT2D eigenvalue weighted by Crippen LogP contribution is 2.29. The Bertz CT molecular complexity index is 985. The smallest absolute Gasteiger partial charge is 0.257 e. The number of aryl methyl sites for hydroxylation is 1. The third-order valence-electron chi connectivity index (χ3n) is 5.74. The topological polar surface area (TPSA) is 58.4 Å². The molecule has 29 heavy (non-hydrogen) atoms. The number of anilines is 1. The van der Waals surface area contributed by atoms with Crippen molar-refractivity contribution >= 4 is 35.0 Å². The second kappa shape index (κ2) is 8.40. The molecule has 0 saturated carbocycles. The minimum absolute atomic E-state index is 0.00328. The largest absolute Gasteiger partial charge is 0.367 e. The maximum atomic E-state index is 13.1. The molecule has 0 aliphatic carbocycles. The molecule has 1 aromatic heterocycles. The average molecular weight is 433 g/mol. The first-order valence-corrected chi connectivity index (χ1v) is 11.4. The van der Waals surface area contributed by atoms with Crippen LogP contribution in [0.1, 0.15) is 18.2 Å². The number of benzene rings is 1. The molecule has 1 unspecified atom stereocenters. The minimum atomic E-state index is -0.189. The molecule has 1 saturated heterocycles. The summed E-state index contributed by atoms with van der Waals surface area (Å²) in [6.07, 6.45) is 0.658. The van der Waals surface area contributed by atoms with Crippen LogP contribution in [0.2, 0.25) is 5.02 Å². The molecule has 1 atom stereocenters. The number of hydrogen-bond donors (Lipinski definition) is 0. The summed E-state index contributed by atoms with van der Waals surface area (Å²) in [6.45, 7) is 7.12. The van der Waals surface area contributed by atoms with E-state index in [2.05, 4.69) is 9.88 Å². The molecule has 2 aliphatic heterocycles. The highest BCUT2D eigenvalue weighted by atomic mass is 35.5. The number of thioether (sulfide) groups is 1. The van der Waals surface area contributed by atoms with Gasteiger partial charge >= 0.3 is 0 Å². The van der Waals surface area contributed by atoms with Crippen molar-refractivity contribution in [1.82, 2.24) is 14.5 Å². The number of nitrogens with zero attached hydrogens (tertiary/aromatic N) is 4. The second-order valence-corrected chi connectivity index (χ2v) is 8.89. The van der Waals surface area contributed by atoms with Crippen LogP contribution in [0.25, 0.3) is 0 Å². The molecule has 3 heterocycles. The molecule has 0 radical (unpaired) electrons. The predicted molar refractivity (Wildman–Crippen MR) is 117 cm³/mol. The fourth-order valence-electron chi connectivity index (χ4n) is 4.09. The van der Waals surface area contributed by atoms with Crippen LogP contribution in [0.5, 0.6) is 0 Å². The van der Waals surface area contributed by atoms with Crippen LogP contribution >= 0.6 is 23.4 Å². The first-order chi connectivity index (χ1) is 14.0. The first kappa shape index (κ1) is 20.3. The van der Waals surface area contributed by atoms with Crippen LogP contribution < -0.4 is 10.5 Å². The van der Waals surface area contributed by atoms with Gasteiger partial charge in [0.05, 0.1) is 16.6 Å². The highest BCUT2D eigenvalue weighted by molar-refractivity contribution is 7.99. The van der Waals surface area contributed by atoms with E-state index < -0.39 is 0 Å². The molecule has 1 aromatic carbocycles. The van der Waals surface area contributed by atoms with Crippen LogP contribution in [0.15, 0.2) is 34.2 Å². The molecular formula is C21H25ClN4O2S. The van der Waals surface area contributed by atoms with Gasteiger partial charge in [-0.2, -0.15) is 0 Å². The summed E-state index contributed by atoms with van der Waals surface area (Å²) in [5.41, 5.74) is 2.57. The van der Waals surface area contributed by atoms with E-state index in [0.717, 1.165) is 40.2 Å². The molecule has 0 bridgehead atoms. The van der Waals surface area contributed by atoms with E-state index in [4.69, 9.17) is 11.6 Å². The Morgan fingerprint density at radius 2 is 1.97 bits per heavy atom. The number of hydrogen-bond acceptors (Lipinski definition) is 5. The normalized spacial score (nSPS) is 19.2. The number of rotatable bonds is 3. The van der Waals surface area contributed by atoms with Gasteiger partial charge in [-0.15, -0.1) is 0 Å². The SMILES string of the molecule is CCc1c(C)nc2n(c1=O)CC(C(=O)N1CCN(c3ccccc3Cl)CC1)CS2. The Kier molecular flexibility index (Phi) is 5.88. The van der Waals surface area contributed by atoms with Gasteiger partial charge in [0.2, 0.25) is 5.91 Å². The zero-order valence-electron chi connectivity index (χ0n) is 16.7. The molecule has 0 N–H and O–H groups in total. The lowest BCUT2D eigenvalue weighted by Crippen LogP contribution is -2.52. The minimum Gasteiger partial charge on any atom is -0.367 e. The van der Waals surface area contributed by atoms with Gasteiger partial charge in [0, 0.05) is 49.7 Å². The monoisotopic (exact) mass is 432 g/mol. The summed E-state index contributed by atoms with van der Waals surface area (Å²) in [4.78, 5) is 34.7. The molecule has 1 amide bonds. The molecule has 2 aliphatic rings. The van der Waals surface area contributed by atoms with Crippen molar-refractivity contribution in [3.63, 3.8) is 0 Å². The summed E-state index contributed by atoms with van der Waals surface area (Å²) in [5.74, 6) is 0.611. The molecule has 1 fully saturated rings. The Morgan fingerprint density at radius 1 is 1.24 bits per heavy atom. The van der Waals surface area contributed by atoms with Crippen molar-refractivity contribution in [2.24, 2.45) is 5.92 Å². The van der Waals surface area contributed by atoms with Gasteiger partial charge in [0.1, 0.15) is 0 Å². The van der Waals surface area contributed by atoms with Crippen molar-refractivity contribution < 1.29 is 4.79 Å². The number of para-hydroxylation sites is 1. The summed E-state index contributed by atoms with van der Waals surface area (Å²) in [7, 11) is 0. The van der Waals surface area contributed by atoms with Gasteiger partial charge in [-0.1, -0.05) is 42.4 Å². The molecule has 4 rings (SSSR count). The third kappa shape index (κ3) is 3.90. The summed E-state index contributed by atoms with van der Waals surface area (Å²) >= 11 is 7.83. The van der Waals surface area contributed by atoms with Crippen LogP contribution in [0.3, 0.4) is 0 Å². The Hall–Kier alpha value is -1.99. The summed E-state index contributed by atoms with van der Waals surface area (Å²) in [6, 6.07) is 7.81. The molecular weight excluding hydrogens is 408 g/mol. The Morgan fingerprint density at radius 3 is 2.66 bits per heavy atom. The lowest BCUT2D eigenvalue weighted by Gasteiger charge is -2.38. The van der Waals surface area contributed by atoms with E-state index in [1.165, 1.54) is 11.8 Å². The average Bonchev–Trinajstić information content (AvgIpc) is 2.74. The third-order valence-corrected chi connectivity index (χ3v) is 7.20. The van der Waals surface area contributed by atoms with Gasteiger partial charge in [-0.05, 0) is 25.5 Å². The van der Waals surface area contributed by atoms with Crippen molar-refractivity contribution in [2.75, 3.05) is 36.8 Å². The molecule has 154 valence electrons. The van der Waals surface area contributed by atoms with Crippen molar-refractivity contribution in [3.05, 3.63) is 50.9 Å². The number of amides is 1. The number of carbonyl (C=O) groups is 1. The van der Waals surface area contributed by atoms with E-state index in [1.54, 1.807) is 4.57 Å². The van der Waals surface area contributed by atoms with Gasteiger partial charge < -0.3 is 9.80 Å². The van der Waals surface area contributed by atoms with Gasteiger partial charge in [-0.25, -0.2) is 4.98 Å². The van der Waals surface area contributed by atoms with Gasteiger partial charge in [-0.3, -0.25) is 14.2 Å². The lowest BCUT2D eigenvalue weighted by atomic mass is 10.1. The van der Waals surface area contributed by atoms with Crippen molar-refractivity contribution in [2.45, 2.75) is 32.0 Å². The maximum Gasteiger partial charge on any atom is 0.257 e. The molecule has 2 aromatic rings. The van der Waals surface area contributed by atoms with E-state index in [9.17, 15) is 9.59 Å². The van der Waals surface area contributed by atoms with Crippen LogP contribution in [-0.4, -0.2) is 52.3 Å². The zero-order valence-corrected chi connectivity index (χ0v) is 18.3. The van der Waals surface area contributed by atoms with Crippen LogP contribution in [0.4, 0.5) is 5.69 Å². The number of fused-ring (bicyclic) bond motifs is 1. The van der Waals surface area contributed by atoms with E-state index in [0.29, 0.717) is 31.8 Å². The quantitative estimate of drug-likeness (QED) is 0.698. The zero-order chi connectivity index (χ0) is 20.5. The fourth-order valence-corrected chi connectivity index (χ4v) is 5.45. The maximum absolute atomic E-state index is 13.1. The van der Waals surface area contributed by atoms with E-state index >= 15 is 0 Å². The van der Waals surface area contributed by atoms with Crippen LogP contribution in [0, 0.1) is 12.8 Å². The van der Waals surface area contributed by atoms with E-state index in [-0.39, 0.29) is 17.4 Å². The van der Waals surface area contributed by atoms with Crippen molar-refractivity contribution in [3.8, 4) is 0 Å².